The molecule has 0 radical (unpaired) electrons. The molecule has 2 N–H and O–H groups in total. The molecular weight excluding hydrogens is 284 g/mol. The molecule has 1 aliphatic rings. The maximum atomic E-state index is 10.8. The Bertz CT molecular complexity index is 476. The van der Waals surface area contributed by atoms with Gasteiger partial charge in [0.2, 0.25) is 0 Å². The molecule has 2 rings (SSSR count). The van der Waals surface area contributed by atoms with E-state index in [2.05, 4.69) is 16.6 Å². The molecule has 1 heterocycles. The number of carboxylic acids is 1. The van der Waals surface area contributed by atoms with Crippen LogP contribution in [0.4, 0.5) is 5.82 Å². The Hall–Kier alpha value is -0.940. The number of hydrogen-bond acceptors (Lipinski definition) is 4. The normalized spacial score (nSPS) is 17.4. The van der Waals surface area contributed by atoms with Gasteiger partial charge in [0.1, 0.15) is 5.82 Å². The van der Waals surface area contributed by atoms with Crippen molar-refractivity contribution >= 4 is 35.1 Å². The summed E-state index contributed by atoms with van der Waals surface area (Å²) >= 11 is 7.94. The number of nitrogens with one attached hydrogen (secondary N) is 1. The summed E-state index contributed by atoms with van der Waals surface area (Å²) in [4.78, 5) is 14.9. The maximum absolute atomic E-state index is 10.8. The lowest BCUT2D eigenvalue weighted by Gasteiger charge is -2.27. The lowest BCUT2D eigenvalue weighted by molar-refractivity contribution is 0.0696. The zero-order valence-electron chi connectivity index (χ0n) is 10.8. The molecule has 4 nitrogen and oxygen atoms in total. The van der Waals surface area contributed by atoms with Crippen LogP contribution in [0.3, 0.4) is 0 Å². The highest BCUT2D eigenvalue weighted by atomic mass is 35.5. The molecule has 1 fully saturated rings. The number of rotatable bonds is 5. The largest absolute Gasteiger partial charge is 0.478 e. The number of carbonyl (C=O) groups is 1. The van der Waals surface area contributed by atoms with Gasteiger partial charge in [0.25, 0.3) is 0 Å². The number of hydrogen-bond donors (Lipinski definition) is 2. The van der Waals surface area contributed by atoms with E-state index in [1.165, 1.54) is 37.9 Å². The van der Waals surface area contributed by atoms with E-state index in [-0.39, 0.29) is 10.3 Å². The van der Waals surface area contributed by atoms with E-state index < -0.39 is 5.97 Å². The molecule has 0 bridgehead atoms. The van der Waals surface area contributed by atoms with Gasteiger partial charge in [0.15, 0.2) is 0 Å². The Morgan fingerprint density at radius 2 is 2.26 bits per heavy atom. The van der Waals surface area contributed by atoms with Crippen LogP contribution in [0.2, 0.25) is 5.02 Å². The lowest BCUT2D eigenvalue weighted by Crippen LogP contribution is -2.30. The van der Waals surface area contributed by atoms with Crippen molar-refractivity contribution < 1.29 is 9.90 Å². The van der Waals surface area contributed by atoms with Crippen LogP contribution in [0.25, 0.3) is 0 Å². The van der Waals surface area contributed by atoms with E-state index in [9.17, 15) is 4.79 Å². The van der Waals surface area contributed by atoms with E-state index in [0.717, 1.165) is 6.54 Å². The van der Waals surface area contributed by atoms with E-state index in [4.69, 9.17) is 16.7 Å². The highest BCUT2D eigenvalue weighted by Crippen LogP contribution is 2.40. The summed E-state index contributed by atoms with van der Waals surface area (Å²) in [6, 6.07) is 1.43. The van der Waals surface area contributed by atoms with Gasteiger partial charge in [-0.05, 0) is 25.2 Å². The number of halogens is 1. The molecular formula is C13H17ClN2O2S. The van der Waals surface area contributed by atoms with Crippen LogP contribution in [0, 0.1) is 0 Å². The number of nitrogens with zero attached hydrogens (tertiary/aromatic N) is 1. The predicted molar refractivity (Wildman–Crippen MR) is 79.4 cm³/mol. The van der Waals surface area contributed by atoms with E-state index >= 15 is 0 Å². The monoisotopic (exact) mass is 300 g/mol. The number of aromatic carboxylic acids is 1. The second-order valence-electron chi connectivity index (χ2n) is 4.81. The molecule has 0 atom stereocenters. The van der Waals surface area contributed by atoms with Crippen LogP contribution in [0.5, 0.6) is 0 Å². The first-order valence-corrected chi connectivity index (χ1v) is 7.84. The Balaban J connectivity index is 2.05. The zero-order chi connectivity index (χ0) is 13.9. The molecule has 1 saturated carbocycles. The highest BCUT2D eigenvalue weighted by molar-refractivity contribution is 8.00. The van der Waals surface area contributed by atoms with Gasteiger partial charge >= 0.3 is 5.97 Å². The standard InChI is InChI=1S/C13H17ClN2O2S/c1-19-13(4-2-3-5-13)8-16-11-10(14)6-9(7-15-11)12(17)18/h6-7H,2-5,8H2,1H3,(H,15,16)(H,17,18). The Morgan fingerprint density at radius 3 is 2.79 bits per heavy atom. The third kappa shape index (κ3) is 3.34. The van der Waals surface area contributed by atoms with Crippen molar-refractivity contribution in [2.75, 3.05) is 18.1 Å². The fourth-order valence-corrected chi connectivity index (χ4v) is 3.55. The number of aromatic nitrogens is 1. The van der Waals surface area contributed by atoms with Gasteiger partial charge in [-0.15, -0.1) is 0 Å². The Kier molecular flexibility index (Phi) is 4.58. The molecule has 1 aliphatic carbocycles. The first-order valence-electron chi connectivity index (χ1n) is 6.24. The Labute approximate surface area is 121 Å². The number of anilines is 1. The zero-order valence-corrected chi connectivity index (χ0v) is 12.4. The number of thioether (sulfide) groups is 1. The fourth-order valence-electron chi connectivity index (χ4n) is 2.40. The molecule has 0 amide bonds. The molecule has 19 heavy (non-hydrogen) atoms. The van der Waals surface area contributed by atoms with Crippen molar-refractivity contribution in [2.45, 2.75) is 30.4 Å². The smallest absolute Gasteiger partial charge is 0.337 e. The van der Waals surface area contributed by atoms with Gasteiger partial charge in [0.05, 0.1) is 10.6 Å². The van der Waals surface area contributed by atoms with Crippen molar-refractivity contribution in [1.29, 1.82) is 0 Å². The van der Waals surface area contributed by atoms with Gasteiger partial charge in [-0.25, -0.2) is 9.78 Å². The third-order valence-corrected chi connectivity index (χ3v) is 5.32. The van der Waals surface area contributed by atoms with Crippen LogP contribution in [0.15, 0.2) is 12.3 Å². The van der Waals surface area contributed by atoms with Crippen molar-refractivity contribution in [3.05, 3.63) is 22.8 Å². The summed E-state index contributed by atoms with van der Waals surface area (Å²) < 4.78 is 0.260. The first kappa shape index (κ1) is 14.5. The summed E-state index contributed by atoms with van der Waals surface area (Å²) in [5.74, 6) is -0.454. The lowest BCUT2D eigenvalue weighted by atomic mass is 10.1. The first-order chi connectivity index (χ1) is 9.06. The predicted octanol–water partition coefficient (Wildman–Crippen LogP) is 3.52. The van der Waals surface area contributed by atoms with Crippen molar-refractivity contribution in [3.63, 3.8) is 0 Å². The van der Waals surface area contributed by atoms with Crippen LogP contribution < -0.4 is 5.32 Å². The van der Waals surface area contributed by atoms with Gasteiger partial charge in [-0.3, -0.25) is 0 Å². The fraction of sp³-hybridized carbons (Fsp3) is 0.538. The molecule has 0 aliphatic heterocycles. The topological polar surface area (TPSA) is 62.2 Å². The number of carboxylic acid groups (broad SMARTS) is 1. The van der Waals surface area contributed by atoms with Crippen molar-refractivity contribution in [2.24, 2.45) is 0 Å². The summed E-state index contributed by atoms with van der Waals surface area (Å²) in [6.07, 6.45) is 8.40. The quantitative estimate of drug-likeness (QED) is 0.871. The Morgan fingerprint density at radius 1 is 1.58 bits per heavy atom. The van der Waals surface area contributed by atoms with Crippen molar-refractivity contribution in [3.8, 4) is 0 Å². The molecule has 0 unspecified atom stereocenters. The van der Waals surface area contributed by atoms with Crippen LogP contribution in [-0.4, -0.2) is 33.6 Å². The second-order valence-corrected chi connectivity index (χ2v) is 6.49. The van der Waals surface area contributed by atoms with Gasteiger partial charge < -0.3 is 10.4 Å². The molecule has 0 saturated heterocycles. The SMILES string of the molecule is CSC1(CNc2ncc(C(=O)O)cc2Cl)CCCC1. The minimum atomic E-state index is -1.02. The summed E-state index contributed by atoms with van der Waals surface area (Å²) in [5, 5.41) is 12.5. The molecule has 0 spiro atoms. The van der Waals surface area contributed by atoms with E-state index in [0.29, 0.717) is 10.8 Å². The van der Waals surface area contributed by atoms with Crippen LogP contribution in [0.1, 0.15) is 36.0 Å². The average Bonchev–Trinajstić information content (AvgIpc) is 2.86. The van der Waals surface area contributed by atoms with Crippen molar-refractivity contribution in [1.82, 2.24) is 4.98 Å². The summed E-state index contributed by atoms with van der Waals surface area (Å²) in [6.45, 7) is 0.813. The third-order valence-electron chi connectivity index (χ3n) is 3.61. The van der Waals surface area contributed by atoms with Crippen LogP contribution >= 0.6 is 23.4 Å². The molecule has 0 aromatic carbocycles. The highest BCUT2D eigenvalue weighted by Gasteiger charge is 2.32. The molecule has 1 aromatic rings. The molecule has 6 heteroatoms. The van der Waals surface area contributed by atoms with Gasteiger partial charge in [-0.1, -0.05) is 24.4 Å². The minimum absolute atomic E-state index is 0.107. The number of pyridine rings is 1. The van der Waals surface area contributed by atoms with E-state index in [1.807, 2.05) is 11.8 Å². The summed E-state index contributed by atoms with van der Waals surface area (Å²) in [7, 11) is 0. The minimum Gasteiger partial charge on any atom is -0.478 e. The van der Waals surface area contributed by atoms with Gasteiger partial charge in [-0.2, -0.15) is 11.8 Å². The second kappa shape index (κ2) is 6.01. The summed E-state index contributed by atoms with van der Waals surface area (Å²) in [5.41, 5.74) is 0.107. The van der Waals surface area contributed by atoms with Crippen LogP contribution in [-0.2, 0) is 0 Å². The van der Waals surface area contributed by atoms with Gasteiger partial charge in [0, 0.05) is 17.5 Å². The molecule has 104 valence electrons. The average molecular weight is 301 g/mol. The molecule has 1 aromatic heterocycles. The van der Waals surface area contributed by atoms with E-state index in [1.54, 1.807) is 0 Å². The maximum Gasteiger partial charge on any atom is 0.337 e.